The average Bonchev–Trinajstić information content (AvgIpc) is 2.29. The summed E-state index contributed by atoms with van der Waals surface area (Å²) in [5.41, 5.74) is 1.81. The molecule has 3 heteroatoms. The summed E-state index contributed by atoms with van der Waals surface area (Å²) < 4.78 is 5.53. The number of allylic oxidation sites excluding steroid dienone is 2. The van der Waals surface area contributed by atoms with Crippen molar-refractivity contribution in [3.63, 3.8) is 0 Å². The molecule has 0 unspecified atom stereocenters. The van der Waals surface area contributed by atoms with Crippen LogP contribution in [0.1, 0.15) is 12.5 Å². The fourth-order valence-electron chi connectivity index (χ4n) is 1.10. The molecule has 0 aromatic heterocycles. The van der Waals surface area contributed by atoms with Crippen LogP contribution in [-0.4, -0.2) is 12.6 Å². The molecule has 80 valence electrons. The Labute approximate surface area is 95.2 Å². The van der Waals surface area contributed by atoms with Crippen LogP contribution in [0.3, 0.4) is 0 Å². The average molecular weight is 224 g/mol. The largest absolute Gasteiger partial charge is 0.492 e. The zero-order valence-corrected chi connectivity index (χ0v) is 9.50. The Kier molecular flexibility index (Phi) is 4.91. The molecule has 0 bridgehead atoms. The topological polar surface area (TPSA) is 21.6 Å². The second kappa shape index (κ2) is 6.25. The predicted molar refractivity (Wildman–Crippen MR) is 64.2 cm³/mol. The zero-order chi connectivity index (χ0) is 11.1. The summed E-state index contributed by atoms with van der Waals surface area (Å²) in [6.07, 6.45) is 0. The number of hydrogen-bond acceptors (Lipinski definition) is 2. The lowest BCUT2D eigenvalue weighted by molar-refractivity contribution is 0.197. The van der Waals surface area contributed by atoms with E-state index in [1.807, 2.05) is 37.3 Å². The van der Waals surface area contributed by atoms with Crippen LogP contribution in [0, 0.1) is 0 Å². The minimum atomic E-state index is 0.324. The van der Waals surface area contributed by atoms with E-state index in [-0.39, 0.29) is 0 Å². The third-order valence-corrected chi connectivity index (χ3v) is 2.28. The first-order valence-electron chi connectivity index (χ1n) is 4.67. The molecule has 0 saturated heterocycles. The van der Waals surface area contributed by atoms with Gasteiger partial charge in [0.05, 0.1) is 11.6 Å². The van der Waals surface area contributed by atoms with Crippen molar-refractivity contribution in [3.8, 4) is 0 Å². The van der Waals surface area contributed by atoms with Gasteiger partial charge in [-0.15, -0.1) is 11.6 Å². The summed E-state index contributed by atoms with van der Waals surface area (Å²) in [6, 6.07) is 9.95. The quantitative estimate of drug-likeness (QED) is 0.426. The number of nitrogens with zero attached hydrogens (tertiary/aromatic N) is 1. The SMILES string of the molecule is C=N/C(CCl)=C(/C)OCc1ccccc1. The molecular formula is C12H14ClNO. The summed E-state index contributed by atoms with van der Waals surface area (Å²) in [5.74, 6) is 1.05. The van der Waals surface area contributed by atoms with Gasteiger partial charge in [-0.25, -0.2) is 0 Å². The first-order chi connectivity index (χ1) is 7.27. The van der Waals surface area contributed by atoms with Gasteiger partial charge in [0.2, 0.25) is 0 Å². The van der Waals surface area contributed by atoms with Crippen LogP contribution in [0.5, 0.6) is 0 Å². The van der Waals surface area contributed by atoms with E-state index in [4.69, 9.17) is 16.3 Å². The Morgan fingerprint density at radius 3 is 2.60 bits per heavy atom. The highest BCUT2D eigenvalue weighted by Crippen LogP contribution is 2.11. The zero-order valence-electron chi connectivity index (χ0n) is 8.74. The first-order valence-corrected chi connectivity index (χ1v) is 5.20. The molecule has 15 heavy (non-hydrogen) atoms. The van der Waals surface area contributed by atoms with Gasteiger partial charge in [0.1, 0.15) is 12.4 Å². The van der Waals surface area contributed by atoms with Crippen LogP contribution in [0.2, 0.25) is 0 Å². The standard InChI is InChI=1S/C12H14ClNO/c1-10(12(8-13)14-2)15-9-11-6-4-3-5-7-11/h3-7H,2,8-9H2,1H3/b12-10-. The lowest BCUT2D eigenvalue weighted by Gasteiger charge is -2.08. The maximum absolute atomic E-state index is 5.67. The molecule has 0 aliphatic carbocycles. The molecule has 2 nitrogen and oxygen atoms in total. The van der Waals surface area contributed by atoms with E-state index in [0.29, 0.717) is 18.2 Å². The van der Waals surface area contributed by atoms with Crippen molar-refractivity contribution in [1.82, 2.24) is 0 Å². The number of halogens is 1. The van der Waals surface area contributed by atoms with Gasteiger partial charge < -0.3 is 4.74 Å². The maximum Gasteiger partial charge on any atom is 0.116 e. The van der Waals surface area contributed by atoms with E-state index in [2.05, 4.69) is 11.7 Å². The minimum absolute atomic E-state index is 0.324. The number of rotatable bonds is 5. The molecule has 0 atom stereocenters. The van der Waals surface area contributed by atoms with Crippen molar-refractivity contribution in [2.45, 2.75) is 13.5 Å². The Bertz CT molecular complexity index is 346. The van der Waals surface area contributed by atoms with Crippen LogP contribution in [0.15, 0.2) is 46.8 Å². The van der Waals surface area contributed by atoms with E-state index in [9.17, 15) is 0 Å². The Hall–Kier alpha value is -1.28. The summed E-state index contributed by atoms with van der Waals surface area (Å²) in [4.78, 5) is 3.79. The molecule has 0 radical (unpaired) electrons. The lowest BCUT2D eigenvalue weighted by Crippen LogP contribution is -1.95. The van der Waals surface area contributed by atoms with Gasteiger partial charge in [0, 0.05) is 0 Å². The molecular weight excluding hydrogens is 210 g/mol. The Morgan fingerprint density at radius 1 is 1.40 bits per heavy atom. The number of alkyl halides is 1. The third kappa shape index (κ3) is 3.76. The lowest BCUT2D eigenvalue weighted by atomic mass is 10.2. The van der Waals surface area contributed by atoms with Crippen LogP contribution in [0.25, 0.3) is 0 Å². The smallest absolute Gasteiger partial charge is 0.116 e. The fraction of sp³-hybridized carbons (Fsp3) is 0.250. The monoisotopic (exact) mass is 223 g/mol. The van der Waals surface area contributed by atoms with Gasteiger partial charge in [-0.3, -0.25) is 4.99 Å². The fourth-order valence-corrected chi connectivity index (χ4v) is 1.37. The Balaban J connectivity index is 2.57. The number of benzene rings is 1. The number of aliphatic imine (C=N–C) groups is 1. The van der Waals surface area contributed by atoms with E-state index in [1.54, 1.807) is 0 Å². The van der Waals surface area contributed by atoms with Crippen molar-refractivity contribution in [2.75, 3.05) is 5.88 Å². The van der Waals surface area contributed by atoms with E-state index in [1.165, 1.54) is 0 Å². The van der Waals surface area contributed by atoms with Gasteiger partial charge in [-0.1, -0.05) is 30.3 Å². The molecule has 1 rings (SSSR count). The maximum atomic E-state index is 5.67. The normalized spacial score (nSPS) is 11.9. The molecule has 0 fully saturated rings. The molecule has 0 aliphatic heterocycles. The number of ether oxygens (including phenoxy) is 1. The highest BCUT2D eigenvalue weighted by atomic mass is 35.5. The van der Waals surface area contributed by atoms with Crippen LogP contribution >= 0.6 is 11.6 Å². The van der Waals surface area contributed by atoms with Gasteiger partial charge in [0.25, 0.3) is 0 Å². The van der Waals surface area contributed by atoms with Crippen molar-refractivity contribution < 1.29 is 4.74 Å². The van der Waals surface area contributed by atoms with Gasteiger partial charge in [-0.2, -0.15) is 0 Å². The summed E-state index contributed by atoms with van der Waals surface area (Å²) >= 11 is 5.67. The summed E-state index contributed by atoms with van der Waals surface area (Å²) in [7, 11) is 0. The van der Waals surface area contributed by atoms with Gasteiger partial charge in [-0.05, 0) is 19.2 Å². The minimum Gasteiger partial charge on any atom is -0.492 e. The Morgan fingerprint density at radius 2 is 2.07 bits per heavy atom. The summed E-state index contributed by atoms with van der Waals surface area (Å²) in [6.45, 7) is 5.81. The van der Waals surface area contributed by atoms with E-state index >= 15 is 0 Å². The highest BCUT2D eigenvalue weighted by Gasteiger charge is 2.00. The molecule has 0 N–H and O–H groups in total. The molecule has 0 saturated carbocycles. The first kappa shape index (κ1) is 11.8. The van der Waals surface area contributed by atoms with Crippen LogP contribution in [-0.2, 0) is 11.3 Å². The highest BCUT2D eigenvalue weighted by molar-refractivity contribution is 6.19. The third-order valence-electron chi connectivity index (χ3n) is 2.02. The second-order valence-corrected chi connectivity index (χ2v) is 3.34. The van der Waals surface area contributed by atoms with Gasteiger partial charge >= 0.3 is 0 Å². The van der Waals surface area contributed by atoms with Crippen molar-refractivity contribution in [1.29, 1.82) is 0 Å². The molecule has 1 aromatic rings. The van der Waals surface area contributed by atoms with Crippen molar-refractivity contribution >= 4 is 18.3 Å². The molecule has 0 amide bonds. The predicted octanol–water partition coefficient (Wildman–Crippen LogP) is 3.37. The second-order valence-electron chi connectivity index (χ2n) is 3.07. The molecule has 0 heterocycles. The van der Waals surface area contributed by atoms with Crippen molar-refractivity contribution in [2.24, 2.45) is 4.99 Å². The molecule has 1 aromatic carbocycles. The molecule has 0 aliphatic rings. The van der Waals surface area contributed by atoms with Crippen molar-refractivity contribution in [3.05, 3.63) is 47.4 Å². The summed E-state index contributed by atoms with van der Waals surface area (Å²) in [5, 5.41) is 0. The van der Waals surface area contributed by atoms with E-state index in [0.717, 1.165) is 11.3 Å². The van der Waals surface area contributed by atoms with Gasteiger partial charge in [0.15, 0.2) is 0 Å². The van der Waals surface area contributed by atoms with E-state index < -0.39 is 0 Å². The molecule has 0 spiro atoms. The van der Waals surface area contributed by atoms with Crippen LogP contribution in [0.4, 0.5) is 0 Å². The van der Waals surface area contributed by atoms with Crippen LogP contribution < -0.4 is 0 Å². The number of hydrogen-bond donors (Lipinski definition) is 0.